The van der Waals surface area contributed by atoms with Gasteiger partial charge >= 0.3 is 5.97 Å². The Morgan fingerprint density at radius 2 is 1.68 bits per heavy atom. The van der Waals surface area contributed by atoms with Gasteiger partial charge in [-0.15, -0.1) is 0 Å². The first-order valence-electron chi connectivity index (χ1n) is 8.85. The summed E-state index contributed by atoms with van der Waals surface area (Å²) in [6.45, 7) is 0.359. The van der Waals surface area contributed by atoms with Crippen LogP contribution in [0.15, 0.2) is 60.7 Å². The first-order chi connectivity index (χ1) is 13.7. The first-order valence-corrected chi connectivity index (χ1v) is 8.85. The molecule has 0 bridgehead atoms. The van der Waals surface area contributed by atoms with Crippen LogP contribution in [0.1, 0.15) is 18.7 Å². The lowest BCUT2D eigenvalue weighted by atomic mass is 10.3. The van der Waals surface area contributed by atoms with E-state index in [-0.39, 0.29) is 30.8 Å². The van der Waals surface area contributed by atoms with E-state index in [9.17, 15) is 4.79 Å². The van der Waals surface area contributed by atoms with Crippen molar-refractivity contribution in [3.63, 3.8) is 0 Å². The summed E-state index contributed by atoms with van der Waals surface area (Å²) in [5, 5.41) is 3.03. The number of hydrogen-bond acceptors (Lipinski definition) is 8. The Bertz CT molecular complexity index is 891. The van der Waals surface area contributed by atoms with Crippen molar-refractivity contribution in [3.05, 3.63) is 66.5 Å². The fourth-order valence-corrected chi connectivity index (χ4v) is 2.35. The van der Waals surface area contributed by atoms with E-state index >= 15 is 0 Å². The molecule has 8 heteroatoms. The van der Waals surface area contributed by atoms with Crippen molar-refractivity contribution >= 4 is 23.6 Å². The third-order valence-corrected chi connectivity index (χ3v) is 3.63. The largest absolute Gasteiger partial charge is 0.494 e. The Hall–Kier alpha value is -3.68. The van der Waals surface area contributed by atoms with Gasteiger partial charge in [-0.25, -0.2) is 0 Å². The van der Waals surface area contributed by atoms with Gasteiger partial charge in [0, 0.05) is 12.1 Å². The summed E-state index contributed by atoms with van der Waals surface area (Å²) in [7, 11) is 0. The number of benzene rings is 2. The number of anilines is 3. The van der Waals surface area contributed by atoms with Gasteiger partial charge in [-0.2, -0.15) is 15.0 Å². The summed E-state index contributed by atoms with van der Waals surface area (Å²) < 4.78 is 10.8. The van der Waals surface area contributed by atoms with Gasteiger partial charge in [-0.05, 0) is 30.7 Å². The van der Waals surface area contributed by atoms with Crippen LogP contribution in [-0.2, 0) is 16.1 Å². The summed E-state index contributed by atoms with van der Waals surface area (Å²) in [4.78, 5) is 24.1. The smallest absolute Gasteiger partial charge is 0.306 e. The number of aromatic nitrogens is 3. The molecule has 0 aliphatic rings. The van der Waals surface area contributed by atoms with E-state index in [1.165, 1.54) is 0 Å². The number of esters is 1. The number of nitrogen functional groups attached to an aromatic ring is 1. The van der Waals surface area contributed by atoms with Gasteiger partial charge in [-0.1, -0.05) is 36.4 Å². The quantitative estimate of drug-likeness (QED) is 0.431. The van der Waals surface area contributed by atoms with Crippen LogP contribution in [0, 0.1) is 0 Å². The Balaban J connectivity index is 1.44. The highest BCUT2D eigenvalue weighted by Gasteiger charge is 2.09. The molecule has 3 aromatic rings. The molecule has 1 aromatic heterocycles. The maximum Gasteiger partial charge on any atom is 0.306 e. The molecule has 0 unspecified atom stereocenters. The van der Waals surface area contributed by atoms with Gasteiger partial charge in [0.05, 0.1) is 6.61 Å². The summed E-state index contributed by atoms with van der Waals surface area (Å²) in [6, 6.07) is 18.9. The molecule has 8 nitrogen and oxygen atoms in total. The van der Waals surface area contributed by atoms with Crippen molar-refractivity contribution in [1.29, 1.82) is 0 Å². The average Bonchev–Trinajstić information content (AvgIpc) is 2.71. The number of carbonyl (C=O) groups is 1. The lowest BCUT2D eigenvalue weighted by Gasteiger charge is -2.08. The Labute approximate surface area is 162 Å². The zero-order valence-electron chi connectivity index (χ0n) is 15.2. The topological polar surface area (TPSA) is 112 Å². The predicted octanol–water partition coefficient (Wildman–Crippen LogP) is 3.10. The molecule has 3 rings (SSSR count). The second-order valence-electron chi connectivity index (χ2n) is 5.85. The predicted molar refractivity (Wildman–Crippen MR) is 105 cm³/mol. The van der Waals surface area contributed by atoms with Crippen LogP contribution in [-0.4, -0.2) is 27.5 Å². The molecular formula is C20H21N5O3. The van der Waals surface area contributed by atoms with E-state index in [2.05, 4.69) is 20.3 Å². The van der Waals surface area contributed by atoms with Crippen molar-refractivity contribution in [3.8, 4) is 5.75 Å². The van der Waals surface area contributed by atoms with Crippen LogP contribution in [0.3, 0.4) is 0 Å². The summed E-state index contributed by atoms with van der Waals surface area (Å²) in [6.07, 6.45) is 0.788. The highest BCUT2D eigenvalue weighted by atomic mass is 16.5. The monoisotopic (exact) mass is 379 g/mol. The summed E-state index contributed by atoms with van der Waals surface area (Å²) in [5.74, 6) is 1.04. The highest BCUT2D eigenvalue weighted by molar-refractivity contribution is 5.69. The highest BCUT2D eigenvalue weighted by Crippen LogP contribution is 2.13. The fourth-order valence-electron chi connectivity index (χ4n) is 2.35. The zero-order valence-corrected chi connectivity index (χ0v) is 15.2. The van der Waals surface area contributed by atoms with Crippen LogP contribution in [0.25, 0.3) is 0 Å². The van der Waals surface area contributed by atoms with Gasteiger partial charge in [0.15, 0.2) is 12.4 Å². The third kappa shape index (κ3) is 6.24. The Morgan fingerprint density at radius 1 is 0.964 bits per heavy atom. The minimum Gasteiger partial charge on any atom is -0.494 e. The lowest BCUT2D eigenvalue weighted by molar-refractivity contribution is -0.145. The third-order valence-electron chi connectivity index (χ3n) is 3.63. The van der Waals surface area contributed by atoms with Crippen molar-refractivity contribution in [2.45, 2.75) is 19.4 Å². The van der Waals surface area contributed by atoms with Crippen molar-refractivity contribution in [1.82, 2.24) is 15.0 Å². The SMILES string of the molecule is Nc1nc(COC(=O)CCCOc2ccccc2)nc(Nc2ccccc2)n1. The number of nitrogens with zero attached hydrogens (tertiary/aromatic N) is 3. The molecule has 0 atom stereocenters. The van der Waals surface area contributed by atoms with Crippen LogP contribution in [0.4, 0.5) is 17.6 Å². The van der Waals surface area contributed by atoms with Crippen molar-refractivity contribution < 1.29 is 14.3 Å². The maximum atomic E-state index is 11.9. The molecular weight excluding hydrogens is 358 g/mol. The molecule has 2 aromatic carbocycles. The number of ether oxygens (including phenoxy) is 2. The van der Waals surface area contributed by atoms with Crippen LogP contribution in [0.5, 0.6) is 5.75 Å². The van der Waals surface area contributed by atoms with Gasteiger partial charge in [0.1, 0.15) is 5.75 Å². The first kappa shape index (κ1) is 19.1. The summed E-state index contributed by atoms with van der Waals surface area (Å²) >= 11 is 0. The van der Waals surface area contributed by atoms with E-state index in [1.807, 2.05) is 60.7 Å². The molecule has 0 amide bonds. The van der Waals surface area contributed by atoms with E-state index in [0.29, 0.717) is 19.0 Å². The molecule has 0 aliphatic heterocycles. The second kappa shape index (κ2) is 9.86. The molecule has 1 heterocycles. The molecule has 0 saturated carbocycles. The van der Waals surface area contributed by atoms with E-state index in [1.54, 1.807) is 0 Å². The van der Waals surface area contributed by atoms with Crippen LogP contribution < -0.4 is 15.8 Å². The fraction of sp³-hybridized carbons (Fsp3) is 0.200. The number of hydrogen-bond donors (Lipinski definition) is 2. The number of nitrogens with two attached hydrogens (primary N) is 1. The molecule has 144 valence electrons. The molecule has 3 N–H and O–H groups in total. The molecule has 0 fully saturated rings. The number of rotatable bonds is 9. The maximum absolute atomic E-state index is 11.9. The summed E-state index contributed by atoms with van der Waals surface area (Å²) in [5.41, 5.74) is 6.53. The normalized spacial score (nSPS) is 10.3. The van der Waals surface area contributed by atoms with Crippen molar-refractivity contribution in [2.75, 3.05) is 17.7 Å². The van der Waals surface area contributed by atoms with Gasteiger partial charge in [-0.3, -0.25) is 4.79 Å². The van der Waals surface area contributed by atoms with Gasteiger partial charge < -0.3 is 20.5 Å². The van der Waals surface area contributed by atoms with E-state index in [0.717, 1.165) is 11.4 Å². The molecule has 0 saturated heterocycles. The van der Waals surface area contributed by atoms with E-state index < -0.39 is 0 Å². The number of para-hydroxylation sites is 2. The van der Waals surface area contributed by atoms with Crippen molar-refractivity contribution in [2.24, 2.45) is 0 Å². The van der Waals surface area contributed by atoms with Crippen LogP contribution >= 0.6 is 0 Å². The zero-order chi connectivity index (χ0) is 19.6. The Morgan fingerprint density at radius 3 is 2.43 bits per heavy atom. The average molecular weight is 379 g/mol. The minimum absolute atomic E-state index is 0.0516. The lowest BCUT2D eigenvalue weighted by Crippen LogP contribution is -2.11. The van der Waals surface area contributed by atoms with Gasteiger partial charge in [0.2, 0.25) is 11.9 Å². The van der Waals surface area contributed by atoms with Gasteiger partial charge in [0.25, 0.3) is 0 Å². The standard InChI is InChI=1S/C20H21N5O3/c21-19-23-17(24-20(25-19)22-15-8-3-1-4-9-15)14-28-18(26)12-7-13-27-16-10-5-2-6-11-16/h1-6,8-11H,7,12-14H2,(H3,21,22,23,24,25). The second-order valence-corrected chi connectivity index (χ2v) is 5.85. The Kier molecular flexibility index (Phi) is 6.73. The molecule has 0 radical (unpaired) electrons. The molecule has 28 heavy (non-hydrogen) atoms. The molecule has 0 aliphatic carbocycles. The van der Waals surface area contributed by atoms with E-state index in [4.69, 9.17) is 15.2 Å². The van der Waals surface area contributed by atoms with Crippen LogP contribution in [0.2, 0.25) is 0 Å². The number of nitrogens with one attached hydrogen (secondary N) is 1. The minimum atomic E-state index is -0.354. The molecule has 0 spiro atoms. The number of carbonyl (C=O) groups excluding carboxylic acids is 1.